The lowest BCUT2D eigenvalue weighted by Crippen LogP contribution is -2.47. The first-order valence-corrected chi connectivity index (χ1v) is 10.0. The average Bonchev–Trinajstić information content (AvgIpc) is 2.67. The Hall–Kier alpha value is -2.87. The number of amides is 1. The van der Waals surface area contributed by atoms with Gasteiger partial charge in [-0.1, -0.05) is 54.6 Å². The number of nitrogens with one attached hydrogen (secondary N) is 1. The van der Waals surface area contributed by atoms with Gasteiger partial charge in [0.1, 0.15) is 0 Å². The molecule has 0 heterocycles. The van der Waals surface area contributed by atoms with Crippen LogP contribution in [0.2, 0.25) is 0 Å². The fourth-order valence-corrected chi connectivity index (χ4v) is 5.51. The quantitative estimate of drug-likeness (QED) is 0.597. The minimum atomic E-state index is -0.467. The first kappa shape index (κ1) is 17.2. The van der Waals surface area contributed by atoms with E-state index in [1.807, 2.05) is 0 Å². The molecule has 0 saturated heterocycles. The number of carbonyl (C=O) groups is 1. The van der Waals surface area contributed by atoms with E-state index < -0.39 is 5.41 Å². The lowest BCUT2D eigenvalue weighted by molar-refractivity contribution is -0.126. The second kappa shape index (κ2) is 6.07. The third-order valence-corrected chi connectivity index (χ3v) is 6.63. The van der Waals surface area contributed by atoms with Crippen molar-refractivity contribution in [3.05, 3.63) is 100 Å². The number of anilines is 1. The number of hydrogen-bond acceptors (Lipinski definition) is 1. The molecule has 28 heavy (non-hydrogen) atoms. The Morgan fingerprint density at radius 3 is 1.89 bits per heavy atom. The third kappa shape index (κ3) is 2.44. The monoisotopic (exact) mass is 367 g/mol. The number of rotatable bonds is 2. The van der Waals surface area contributed by atoms with Gasteiger partial charge in [0.15, 0.2) is 0 Å². The highest BCUT2D eigenvalue weighted by atomic mass is 16.2. The molecule has 3 aliphatic rings. The van der Waals surface area contributed by atoms with Gasteiger partial charge in [-0.25, -0.2) is 0 Å². The molecule has 0 fully saturated rings. The molecule has 3 aliphatic carbocycles. The minimum absolute atomic E-state index is 0.0933. The Morgan fingerprint density at radius 1 is 0.857 bits per heavy atom. The smallest absolute Gasteiger partial charge is 0.231 e. The first-order chi connectivity index (χ1) is 13.5. The molecule has 1 atom stereocenters. The molecule has 3 aromatic carbocycles. The lowest BCUT2D eigenvalue weighted by Gasteiger charge is -2.50. The predicted octanol–water partition coefficient (Wildman–Crippen LogP) is 5.93. The molecule has 1 N–H and O–H groups in total. The van der Waals surface area contributed by atoms with Crippen molar-refractivity contribution in [2.75, 3.05) is 5.32 Å². The van der Waals surface area contributed by atoms with Crippen LogP contribution < -0.4 is 5.32 Å². The highest BCUT2D eigenvalue weighted by Crippen LogP contribution is 2.61. The topological polar surface area (TPSA) is 29.1 Å². The Bertz CT molecular complexity index is 1030. The van der Waals surface area contributed by atoms with Gasteiger partial charge in [0.25, 0.3) is 0 Å². The van der Waals surface area contributed by atoms with Gasteiger partial charge in [-0.2, -0.15) is 0 Å². The van der Waals surface area contributed by atoms with E-state index in [4.69, 9.17) is 0 Å². The van der Waals surface area contributed by atoms with Crippen molar-refractivity contribution in [3.63, 3.8) is 0 Å². The van der Waals surface area contributed by atoms with Crippen LogP contribution in [-0.4, -0.2) is 5.91 Å². The number of benzene rings is 3. The van der Waals surface area contributed by atoms with Crippen molar-refractivity contribution in [3.8, 4) is 0 Å². The van der Waals surface area contributed by atoms with E-state index in [1.165, 1.54) is 33.4 Å². The normalized spacial score (nSPS) is 24.4. The van der Waals surface area contributed by atoms with Gasteiger partial charge in [0.05, 0.1) is 5.41 Å². The second-order valence-corrected chi connectivity index (χ2v) is 8.70. The zero-order valence-electron chi connectivity index (χ0n) is 16.6. The van der Waals surface area contributed by atoms with Crippen molar-refractivity contribution >= 4 is 11.6 Å². The fraction of sp³-hybridized carbons (Fsp3) is 0.269. The van der Waals surface area contributed by atoms with Crippen LogP contribution in [0.25, 0.3) is 0 Å². The number of carbonyl (C=O) groups excluding carboxylic acids is 1. The lowest BCUT2D eigenvalue weighted by atomic mass is 9.52. The Labute approximate surface area is 166 Å². The van der Waals surface area contributed by atoms with E-state index in [-0.39, 0.29) is 17.7 Å². The van der Waals surface area contributed by atoms with E-state index >= 15 is 0 Å². The van der Waals surface area contributed by atoms with Crippen LogP contribution in [0, 0.1) is 19.3 Å². The van der Waals surface area contributed by atoms with Crippen molar-refractivity contribution in [2.45, 2.75) is 39.0 Å². The summed E-state index contributed by atoms with van der Waals surface area (Å²) in [6.07, 6.45) is 0.850. The molecule has 2 nitrogen and oxygen atoms in total. The molecule has 2 heteroatoms. The standard InChI is InChI=1S/C26H25NO/c1-16-12-17(2)14-18(13-16)27-25(28)26(3)15-23-19-8-4-6-10-21(19)24(26)22-11-7-5-9-20(22)23/h4-14,23-24H,15H2,1-3H3,(H,27,28)/t23?,24?,26-/m0/s1. The van der Waals surface area contributed by atoms with Crippen LogP contribution in [0.3, 0.4) is 0 Å². The molecule has 0 unspecified atom stereocenters. The van der Waals surface area contributed by atoms with Gasteiger partial charge in [0, 0.05) is 17.5 Å². The summed E-state index contributed by atoms with van der Waals surface area (Å²) in [6.45, 7) is 6.29. The third-order valence-electron chi connectivity index (χ3n) is 6.63. The Morgan fingerprint density at radius 2 is 1.36 bits per heavy atom. The van der Waals surface area contributed by atoms with Crippen molar-refractivity contribution < 1.29 is 4.79 Å². The maximum absolute atomic E-state index is 13.6. The Kier molecular flexibility index (Phi) is 3.74. The summed E-state index contributed by atoms with van der Waals surface area (Å²) in [5, 5.41) is 3.24. The van der Waals surface area contributed by atoms with Crippen LogP contribution in [0.1, 0.15) is 58.6 Å². The summed E-state index contributed by atoms with van der Waals surface area (Å²) in [5.74, 6) is 0.500. The first-order valence-electron chi connectivity index (χ1n) is 10.0. The molecular formula is C26H25NO. The maximum atomic E-state index is 13.6. The van der Waals surface area contributed by atoms with E-state index in [9.17, 15) is 4.79 Å². The van der Waals surface area contributed by atoms with Gasteiger partial charge in [0.2, 0.25) is 5.91 Å². The average molecular weight is 367 g/mol. The molecule has 1 amide bonds. The molecule has 3 aromatic rings. The van der Waals surface area contributed by atoms with Crippen molar-refractivity contribution in [2.24, 2.45) is 5.41 Å². The van der Waals surface area contributed by atoms with E-state index in [2.05, 4.69) is 92.8 Å². The number of aryl methyl sites for hydroxylation is 2. The molecule has 0 aliphatic heterocycles. The maximum Gasteiger partial charge on any atom is 0.231 e. The summed E-state index contributed by atoms with van der Waals surface area (Å²) in [4.78, 5) is 13.6. The summed E-state index contributed by atoms with van der Waals surface area (Å²) < 4.78 is 0. The van der Waals surface area contributed by atoms with Gasteiger partial charge in [-0.3, -0.25) is 4.79 Å². The van der Waals surface area contributed by atoms with Crippen LogP contribution in [0.4, 0.5) is 5.69 Å². The van der Waals surface area contributed by atoms with Crippen LogP contribution in [-0.2, 0) is 4.79 Å². The van der Waals surface area contributed by atoms with Crippen molar-refractivity contribution in [1.29, 1.82) is 0 Å². The zero-order chi connectivity index (χ0) is 19.5. The van der Waals surface area contributed by atoms with Crippen molar-refractivity contribution in [1.82, 2.24) is 0 Å². The van der Waals surface area contributed by atoms with Crippen LogP contribution in [0.5, 0.6) is 0 Å². The second-order valence-electron chi connectivity index (χ2n) is 8.70. The summed E-state index contributed by atoms with van der Waals surface area (Å²) in [5.41, 5.74) is 8.18. The molecular weight excluding hydrogens is 342 g/mol. The van der Waals surface area contributed by atoms with Crippen LogP contribution >= 0.6 is 0 Å². The minimum Gasteiger partial charge on any atom is -0.326 e. The van der Waals surface area contributed by atoms with Gasteiger partial charge in [-0.15, -0.1) is 0 Å². The van der Waals surface area contributed by atoms with Gasteiger partial charge in [-0.05, 0) is 72.7 Å². The predicted molar refractivity (Wildman–Crippen MR) is 114 cm³/mol. The van der Waals surface area contributed by atoms with Gasteiger partial charge >= 0.3 is 0 Å². The fourth-order valence-electron chi connectivity index (χ4n) is 5.51. The molecule has 6 rings (SSSR count). The SMILES string of the molecule is Cc1cc(C)cc(NC(=O)[C@@]2(C)CC3c4ccccc4C2c2ccccc23)c1. The number of fused-ring (bicyclic) bond motifs is 1. The Balaban J connectivity index is 1.60. The molecule has 0 aromatic heterocycles. The summed E-state index contributed by atoms with van der Waals surface area (Å²) >= 11 is 0. The molecule has 0 radical (unpaired) electrons. The van der Waals surface area contributed by atoms with E-state index in [1.54, 1.807) is 0 Å². The highest BCUT2D eigenvalue weighted by Gasteiger charge is 2.53. The number of hydrogen-bond donors (Lipinski definition) is 1. The van der Waals surface area contributed by atoms with Crippen LogP contribution in [0.15, 0.2) is 66.7 Å². The zero-order valence-corrected chi connectivity index (χ0v) is 16.6. The summed E-state index contributed by atoms with van der Waals surface area (Å²) in [7, 11) is 0. The molecule has 0 spiro atoms. The largest absolute Gasteiger partial charge is 0.326 e. The highest BCUT2D eigenvalue weighted by molar-refractivity contribution is 5.97. The van der Waals surface area contributed by atoms with E-state index in [0.29, 0.717) is 0 Å². The molecule has 0 saturated carbocycles. The summed E-state index contributed by atoms with van der Waals surface area (Å²) in [6, 6.07) is 23.6. The van der Waals surface area contributed by atoms with Gasteiger partial charge < -0.3 is 5.32 Å². The van der Waals surface area contributed by atoms with E-state index in [0.717, 1.165) is 12.1 Å². The molecule has 2 bridgehead atoms. The molecule has 140 valence electrons.